The van der Waals surface area contributed by atoms with Gasteiger partial charge < -0.3 is 4.52 Å². The van der Waals surface area contributed by atoms with E-state index in [2.05, 4.69) is 26.1 Å². The van der Waals surface area contributed by atoms with Gasteiger partial charge in [-0.1, -0.05) is 17.3 Å². The molecule has 26 heavy (non-hydrogen) atoms. The second-order valence-corrected chi connectivity index (χ2v) is 6.26. The van der Waals surface area contributed by atoms with Crippen LogP contribution in [0.5, 0.6) is 0 Å². The summed E-state index contributed by atoms with van der Waals surface area (Å²) in [6.45, 7) is 1.69. The van der Waals surface area contributed by atoms with Crippen molar-refractivity contribution in [2.45, 2.75) is 25.4 Å². The molecule has 0 saturated carbocycles. The van der Waals surface area contributed by atoms with Gasteiger partial charge in [-0.05, 0) is 49.2 Å². The summed E-state index contributed by atoms with van der Waals surface area (Å²) in [5.74, 6) is 0.518. The lowest BCUT2D eigenvalue weighted by Crippen LogP contribution is -2.23. The van der Waals surface area contributed by atoms with Gasteiger partial charge in [-0.3, -0.25) is 4.90 Å². The summed E-state index contributed by atoms with van der Waals surface area (Å²) in [6, 6.07) is 12.6. The van der Waals surface area contributed by atoms with Gasteiger partial charge in [0.2, 0.25) is 11.7 Å². The van der Waals surface area contributed by atoms with Crippen LogP contribution in [-0.2, 0) is 6.54 Å². The molecular weight excluding hydrogens is 333 g/mol. The van der Waals surface area contributed by atoms with E-state index in [1.165, 1.54) is 12.1 Å². The number of nitrogens with zero attached hydrogens (tertiary/aromatic N) is 5. The van der Waals surface area contributed by atoms with Crippen LogP contribution in [0, 0.1) is 17.1 Å². The van der Waals surface area contributed by atoms with Crippen molar-refractivity contribution in [3.8, 4) is 17.6 Å². The number of halogens is 1. The van der Waals surface area contributed by atoms with Crippen molar-refractivity contribution in [1.29, 1.82) is 5.26 Å². The fourth-order valence-corrected chi connectivity index (χ4v) is 3.20. The molecule has 1 aliphatic heterocycles. The molecule has 2 aromatic heterocycles. The van der Waals surface area contributed by atoms with Crippen LogP contribution in [0.2, 0.25) is 0 Å². The van der Waals surface area contributed by atoms with E-state index in [0.717, 1.165) is 37.7 Å². The van der Waals surface area contributed by atoms with Crippen LogP contribution in [0.25, 0.3) is 11.5 Å². The zero-order valence-electron chi connectivity index (χ0n) is 14.0. The molecule has 0 N–H and O–H groups in total. The van der Waals surface area contributed by atoms with Crippen molar-refractivity contribution >= 4 is 0 Å². The van der Waals surface area contributed by atoms with Gasteiger partial charge in [-0.15, -0.1) is 0 Å². The van der Waals surface area contributed by atoms with E-state index in [-0.39, 0.29) is 6.04 Å². The van der Waals surface area contributed by atoms with E-state index in [9.17, 15) is 4.39 Å². The lowest BCUT2D eigenvalue weighted by molar-refractivity contribution is 0.201. The fourth-order valence-electron chi connectivity index (χ4n) is 3.20. The second kappa shape index (κ2) is 7.02. The van der Waals surface area contributed by atoms with E-state index in [1.807, 2.05) is 24.3 Å². The number of hydrogen-bond acceptors (Lipinski definition) is 6. The first-order valence-corrected chi connectivity index (χ1v) is 8.41. The zero-order chi connectivity index (χ0) is 17.9. The molecule has 7 heteroatoms. The third-order valence-corrected chi connectivity index (χ3v) is 4.52. The topological polar surface area (TPSA) is 78.8 Å². The van der Waals surface area contributed by atoms with Crippen molar-refractivity contribution in [1.82, 2.24) is 20.0 Å². The standard InChI is InChI=1S/C19H16FN5O/c20-15-7-8-16(22-11-15)18-23-19(26-24-18)17-2-1-9-25(17)12-14-5-3-13(10-21)4-6-14/h3-8,11,17H,1-2,9,12H2/t17-/m0/s1. The minimum absolute atomic E-state index is 0.0485. The molecule has 1 aromatic carbocycles. The Balaban J connectivity index is 1.51. The summed E-state index contributed by atoms with van der Waals surface area (Å²) in [6.07, 6.45) is 3.13. The molecule has 3 aromatic rings. The quantitative estimate of drug-likeness (QED) is 0.717. The van der Waals surface area contributed by atoms with Gasteiger partial charge in [-0.2, -0.15) is 10.2 Å². The van der Waals surface area contributed by atoms with Crippen molar-refractivity contribution in [2.75, 3.05) is 6.54 Å². The van der Waals surface area contributed by atoms with Crippen molar-refractivity contribution < 1.29 is 8.91 Å². The molecule has 1 saturated heterocycles. The Hall–Kier alpha value is -3.11. The number of aromatic nitrogens is 3. The van der Waals surface area contributed by atoms with Crippen molar-refractivity contribution in [3.63, 3.8) is 0 Å². The highest BCUT2D eigenvalue weighted by Gasteiger charge is 2.31. The van der Waals surface area contributed by atoms with E-state index in [4.69, 9.17) is 9.78 Å². The van der Waals surface area contributed by atoms with E-state index in [0.29, 0.717) is 23.0 Å². The third-order valence-electron chi connectivity index (χ3n) is 4.52. The first-order chi connectivity index (χ1) is 12.7. The van der Waals surface area contributed by atoms with Crippen LogP contribution in [0.4, 0.5) is 4.39 Å². The van der Waals surface area contributed by atoms with Crippen LogP contribution in [0.15, 0.2) is 47.1 Å². The van der Waals surface area contributed by atoms with Gasteiger partial charge in [0.05, 0.1) is 23.9 Å². The fraction of sp³-hybridized carbons (Fsp3) is 0.263. The Bertz CT molecular complexity index is 930. The number of pyridine rings is 1. The monoisotopic (exact) mass is 349 g/mol. The van der Waals surface area contributed by atoms with Crippen LogP contribution < -0.4 is 0 Å². The summed E-state index contributed by atoms with van der Waals surface area (Å²) in [5, 5.41) is 12.9. The van der Waals surface area contributed by atoms with Gasteiger partial charge in [0.15, 0.2) is 0 Å². The molecule has 0 aliphatic carbocycles. The Morgan fingerprint density at radius 1 is 1.23 bits per heavy atom. The van der Waals surface area contributed by atoms with Crippen molar-refractivity contribution in [3.05, 3.63) is 65.4 Å². The summed E-state index contributed by atoms with van der Waals surface area (Å²) in [4.78, 5) is 10.7. The zero-order valence-corrected chi connectivity index (χ0v) is 14.0. The Kier molecular flexibility index (Phi) is 4.42. The summed E-state index contributed by atoms with van der Waals surface area (Å²) in [5.41, 5.74) is 2.27. The van der Waals surface area contributed by atoms with Gasteiger partial charge in [0.1, 0.15) is 11.5 Å². The van der Waals surface area contributed by atoms with Crippen LogP contribution in [-0.4, -0.2) is 26.6 Å². The number of nitriles is 1. The lowest BCUT2D eigenvalue weighted by atomic mass is 10.1. The number of benzene rings is 1. The molecule has 0 radical (unpaired) electrons. The summed E-state index contributed by atoms with van der Waals surface area (Å²) in [7, 11) is 0. The number of hydrogen-bond donors (Lipinski definition) is 0. The van der Waals surface area contributed by atoms with Crippen molar-refractivity contribution in [2.24, 2.45) is 0 Å². The summed E-state index contributed by atoms with van der Waals surface area (Å²) < 4.78 is 18.5. The third kappa shape index (κ3) is 3.32. The van der Waals surface area contributed by atoms with E-state index < -0.39 is 5.82 Å². The molecule has 1 atom stereocenters. The highest BCUT2D eigenvalue weighted by Crippen LogP contribution is 2.33. The average molecular weight is 349 g/mol. The maximum atomic E-state index is 13.0. The molecule has 0 bridgehead atoms. The Labute approximate surface area is 149 Å². The minimum atomic E-state index is -0.401. The van der Waals surface area contributed by atoms with E-state index >= 15 is 0 Å². The molecule has 6 nitrogen and oxygen atoms in total. The predicted molar refractivity (Wildman–Crippen MR) is 91.0 cm³/mol. The Morgan fingerprint density at radius 2 is 2.08 bits per heavy atom. The average Bonchev–Trinajstić information content (AvgIpc) is 3.32. The molecule has 0 spiro atoms. The highest BCUT2D eigenvalue weighted by atomic mass is 19.1. The van der Waals surface area contributed by atoms with E-state index in [1.54, 1.807) is 0 Å². The summed E-state index contributed by atoms with van der Waals surface area (Å²) >= 11 is 0. The molecule has 0 amide bonds. The molecule has 0 unspecified atom stereocenters. The molecule has 1 fully saturated rings. The second-order valence-electron chi connectivity index (χ2n) is 6.26. The van der Waals surface area contributed by atoms with Crippen LogP contribution in [0.3, 0.4) is 0 Å². The molecular formula is C19H16FN5O. The maximum absolute atomic E-state index is 13.0. The SMILES string of the molecule is N#Cc1ccc(CN2CCC[C@H]2c2nc(-c3ccc(F)cn3)no2)cc1. The largest absolute Gasteiger partial charge is 0.337 e. The lowest BCUT2D eigenvalue weighted by Gasteiger charge is -2.21. The van der Waals surface area contributed by atoms with Gasteiger partial charge in [0.25, 0.3) is 0 Å². The van der Waals surface area contributed by atoms with Crippen LogP contribution >= 0.6 is 0 Å². The normalized spacial score (nSPS) is 17.3. The molecule has 130 valence electrons. The predicted octanol–water partition coefficient (Wildman–Crippen LogP) is 3.48. The van der Waals surface area contributed by atoms with Gasteiger partial charge >= 0.3 is 0 Å². The smallest absolute Gasteiger partial charge is 0.244 e. The molecule has 4 rings (SSSR count). The number of rotatable bonds is 4. The molecule has 3 heterocycles. The van der Waals surface area contributed by atoms with Crippen LogP contribution in [0.1, 0.15) is 35.9 Å². The van der Waals surface area contributed by atoms with Gasteiger partial charge in [0, 0.05) is 6.54 Å². The first-order valence-electron chi connectivity index (χ1n) is 8.41. The minimum Gasteiger partial charge on any atom is -0.337 e. The Morgan fingerprint density at radius 3 is 2.81 bits per heavy atom. The maximum Gasteiger partial charge on any atom is 0.244 e. The number of likely N-dealkylation sites (tertiary alicyclic amines) is 1. The van der Waals surface area contributed by atoms with Gasteiger partial charge in [-0.25, -0.2) is 9.37 Å². The highest BCUT2D eigenvalue weighted by molar-refractivity contribution is 5.47. The first kappa shape index (κ1) is 16.4. The molecule has 1 aliphatic rings.